The molecule has 0 heterocycles. The number of hydrogen-bond donors (Lipinski definition) is 0. The standard InChI is InChI=1S/C16H21BrFNO2/c1-2-4-11-7-8-14(17)13(9-11)10-12-5-3-6-15(16(12)18)19(20)21/h3,5-6,11,13-14H,2,4,7-10H2,1H3. The van der Waals surface area contributed by atoms with Crippen LogP contribution in [0, 0.1) is 27.8 Å². The number of nitrogens with zero attached hydrogens (tertiary/aromatic N) is 1. The summed E-state index contributed by atoms with van der Waals surface area (Å²) in [5.74, 6) is 0.391. The minimum Gasteiger partial charge on any atom is -0.258 e. The molecule has 0 N–H and O–H groups in total. The number of benzene rings is 1. The van der Waals surface area contributed by atoms with Crippen molar-refractivity contribution in [2.45, 2.75) is 50.3 Å². The van der Waals surface area contributed by atoms with Crippen molar-refractivity contribution in [2.24, 2.45) is 11.8 Å². The lowest BCUT2D eigenvalue weighted by molar-refractivity contribution is -0.387. The Morgan fingerprint density at radius 3 is 2.86 bits per heavy atom. The molecule has 1 aliphatic rings. The van der Waals surface area contributed by atoms with Crippen LogP contribution in [0.15, 0.2) is 18.2 Å². The highest BCUT2D eigenvalue weighted by Crippen LogP contribution is 2.38. The minimum absolute atomic E-state index is 0.354. The van der Waals surface area contributed by atoms with E-state index in [0.29, 0.717) is 28.6 Å². The molecule has 21 heavy (non-hydrogen) atoms. The van der Waals surface area contributed by atoms with Crippen molar-refractivity contribution in [3.8, 4) is 0 Å². The summed E-state index contributed by atoms with van der Waals surface area (Å²) in [4.78, 5) is 10.6. The van der Waals surface area contributed by atoms with Gasteiger partial charge in [0.05, 0.1) is 4.92 Å². The van der Waals surface area contributed by atoms with E-state index in [-0.39, 0.29) is 0 Å². The van der Waals surface area contributed by atoms with E-state index in [1.165, 1.54) is 25.3 Å². The molecule has 5 heteroatoms. The summed E-state index contributed by atoms with van der Waals surface area (Å²) < 4.78 is 14.2. The molecule has 0 radical (unpaired) electrons. The Morgan fingerprint density at radius 1 is 1.43 bits per heavy atom. The maximum atomic E-state index is 14.2. The van der Waals surface area contributed by atoms with Crippen LogP contribution in [0.5, 0.6) is 0 Å². The average Bonchev–Trinajstić information content (AvgIpc) is 2.44. The topological polar surface area (TPSA) is 43.1 Å². The van der Waals surface area contributed by atoms with E-state index in [9.17, 15) is 14.5 Å². The summed E-state index contributed by atoms with van der Waals surface area (Å²) in [6, 6.07) is 4.48. The molecular formula is C16H21BrFNO2. The van der Waals surface area contributed by atoms with Gasteiger partial charge >= 0.3 is 5.69 Å². The number of rotatable bonds is 5. The first-order chi connectivity index (χ1) is 10.0. The smallest absolute Gasteiger partial charge is 0.258 e. The highest BCUT2D eigenvalue weighted by molar-refractivity contribution is 9.09. The number of nitro benzene ring substituents is 1. The van der Waals surface area contributed by atoms with Gasteiger partial charge in [0.25, 0.3) is 0 Å². The van der Waals surface area contributed by atoms with E-state index in [4.69, 9.17) is 0 Å². The molecule has 3 unspecified atom stereocenters. The third-order valence-electron chi connectivity index (χ3n) is 4.43. The van der Waals surface area contributed by atoms with Gasteiger partial charge in [-0.3, -0.25) is 10.1 Å². The van der Waals surface area contributed by atoms with Crippen LogP contribution < -0.4 is 0 Å². The fourth-order valence-electron chi connectivity index (χ4n) is 3.35. The molecule has 3 nitrogen and oxygen atoms in total. The lowest BCUT2D eigenvalue weighted by Crippen LogP contribution is -2.27. The van der Waals surface area contributed by atoms with Gasteiger partial charge in [-0.05, 0) is 43.1 Å². The zero-order valence-electron chi connectivity index (χ0n) is 12.2. The highest BCUT2D eigenvalue weighted by Gasteiger charge is 2.30. The molecule has 1 aromatic carbocycles. The van der Waals surface area contributed by atoms with E-state index >= 15 is 0 Å². The molecular weight excluding hydrogens is 337 g/mol. The first-order valence-electron chi connectivity index (χ1n) is 7.58. The molecule has 2 rings (SSSR count). The Balaban J connectivity index is 2.13. The van der Waals surface area contributed by atoms with Gasteiger partial charge in [0, 0.05) is 10.9 Å². The molecule has 1 aromatic rings. The van der Waals surface area contributed by atoms with Crippen molar-refractivity contribution >= 4 is 21.6 Å². The van der Waals surface area contributed by atoms with Crippen LogP contribution in [0.1, 0.15) is 44.6 Å². The number of nitro groups is 1. The molecule has 0 aliphatic heterocycles. The van der Waals surface area contributed by atoms with Crippen LogP contribution in [0.4, 0.5) is 10.1 Å². The normalized spacial score (nSPS) is 25.8. The third-order valence-corrected chi connectivity index (χ3v) is 5.64. The molecule has 0 saturated heterocycles. The number of hydrogen-bond acceptors (Lipinski definition) is 2. The van der Waals surface area contributed by atoms with E-state index in [2.05, 4.69) is 22.9 Å². The molecule has 1 fully saturated rings. The molecule has 1 saturated carbocycles. The number of halogens is 2. The Hall–Kier alpha value is -0.970. The summed E-state index contributed by atoms with van der Waals surface area (Å²) >= 11 is 3.71. The van der Waals surface area contributed by atoms with Gasteiger partial charge in [-0.1, -0.05) is 47.8 Å². The van der Waals surface area contributed by atoms with Crippen LogP contribution in [-0.2, 0) is 6.42 Å². The van der Waals surface area contributed by atoms with Gasteiger partial charge in [-0.25, -0.2) is 0 Å². The van der Waals surface area contributed by atoms with Crippen LogP contribution in [0.2, 0.25) is 0 Å². The van der Waals surface area contributed by atoms with Gasteiger partial charge in [-0.15, -0.1) is 0 Å². The molecule has 0 aromatic heterocycles. The molecule has 0 amide bonds. The van der Waals surface area contributed by atoms with Crippen molar-refractivity contribution in [1.29, 1.82) is 0 Å². The summed E-state index contributed by atoms with van der Waals surface area (Å²) in [5.41, 5.74) is 0.0512. The van der Waals surface area contributed by atoms with E-state index < -0.39 is 16.4 Å². The lowest BCUT2D eigenvalue weighted by atomic mass is 9.77. The van der Waals surface area contributed by atoms with Crippen molar-refractivity contribution < 1.29 is 9.31 Å². The van der Waals surface area contributed by atoms with Crippen LogP contribution in [-0.4, -0.2) is 9.75 Å². The SMILES string of the molecule is CCCC1CCC(Br)C(Cc2cccc([N+](=O)[O-])c2F)C1. The Morgan fingerprint density at radius 2 is 2.19 bits per heavy atom. The molecule has 0 bridgehead atoms. The van der Waals surface area contributed by atoms with Gasteiger partial charge in [-0.2, -0.15) is 4.39 Å². The van der Waals surface area contributed by atoms with Crippen molar-refractivity contribution in [2.75, 3.05) is 0 Å². The summed E-state index contributed by atoms with van der Waals surface area (Å²) in [6.45, 7) is 2.19. The predicted molar refractivity (Wildman–Crippen MR) is 85.2 cm³/mol. The average molecular weight is 358 g/mol. The quantitative estimate of drug-likeness (QED) is 0.410. The van der Waals surface area contributed by atoms with Crippen molar-refractivity contribution in [1.82, 2.24) is 0 Å². The van der Waals surface area contributed by atoms with Gasteiger partial charge < -0.3 is 0 Å². The Bertz CT molecular complexity index is 509. The fourth-order valence-corrected chi connectivity index (χ4v) is 4.02. The summed E-state index contributed by atoms with van der Waals surface area (Å²) in [6.07, 6.45) is 6.36. The van der Waals surface area contributed by atoms with Gasteiger partial charge in [0.1, 0.15) is 0 Å². The molecule has 0 spiro atoms. The van der Waals surface area contributed by atoms with Gasteiger partial charge in [0.2, 0.25) is 5.82 Å². The van der Waals surface area contributed by atoms with Crippen LogP contribution in [0.25, 0.3) is 0 Å². The Kier molecular flexibility index (Phi) is 5.73. The lowest BCUT2D eigenvalue weighted by Gasteiger charge is -2.33. The second kappa shape index (κ2) is 7.34. The van der Waals surface area contributed by atoms with E-state index in [0.717, 1.165) is 12.8 Å². The second-order valence-electron chi connectivity index (χ2n) is 5.96. The van der Waals surface area contributed by atoms with Crippen molar-refractivity contribution in [3.63, 3.8) is 0 Å². The first-order valence-corrected chi connectivity index (χ1v) is 8.50. The minimum atomic E-state index is -0.667. The Labute approximate surface area is 133 Å². The fraction of sp³-hybridized carbons (Fsp3) is 0.625. The molecule has 3 atom stereocenters. The monoisotopic (exact) mass is 357 g/mol. The zero-order chi connectivity index (χ0) is 15.4. The van der Waals surface area contributed by atoms with Crippen LogP contribution in [0.3, 0.4) is 0 Å². The largest absolute Gasteiger partial charge is 0.305 e. The summed E-state index contributed by atoms with van der Waals surface area (Å²) in [5, 5.41) is 10.8. The van der Waals surface area contributed by atoms with E-state index in [1.54, 1.807) is 12.1 Å². The zero-order valence-corrected chi connectivity index (χ0v) is 13.8. The molecule has 1 aliphatic carbocycles. The third kappa shape index (κ3) is 4.02. The highest BCUT2D eigenvalue weighted by atomic mass is 79.9. The maximum absolute atomic E-state index is 14.2. The second-order valence-corrected chi connectivity index (χ2v) is 7.13. The van der Waals surface area contributed by atoms with Crippen LogP contribution >= 0.6 is 15.9 Å². The number of alkyl halides is 1. The van der Waals surface area contributed by atoms with Gasteiger partial charge in [0.15, 0.2) is 0 Å². The van der Waals surface area contributed by atoms with Crippen molar-refractivity contribution in [3.05, 3.63) is 39.7 Å². The maximum Gasteiger partial charge on any atom is 0.305 e. The first kappa shape index (κ1) is 16.4. The predicted octanol–water partition coefficient (Wildman–Crippen LogP) is 5.26. The molecule has 116 valence electrons. The summed E-state index contributed by atoms with van der Waals surface area (Å²) in [7, 11) is 0. The van der Waals surface area contributed by atoms with E-state index in [1.807, 2.05) is 0 Å².